The highest BCUT2D eigenvalue weighted by Gasteiger charge is 2.14. The Kier molecular flexibility index (Phi) is 7.66. The van der Waals surface area contributed by atoms with Crippen LogP contribution in [-0.2, 0) is 9.59 Å². The quantitative estimate of drug-likeness (QED) is 0.530. The van der Waals surface area contributed by atoms with E-state index in [2.05, 4.69) is 11.9 Å². The van der Waals surface area contributed by atoms with E-state index in [0.29, 0.717) is 11.1 Å². The van der Waals surface area contributed by atoms with Gasteiger partial charge in [-0.05, 0) is 13.8 Å². The molecule has 6 heteroatoms. The van der Waals surface area contributed by atoms with Gasteiger partial charge in [0.25, 0.3) is 5.91 Å². The number of hydrogen-bond acceptors (Lipinski definition) is 4. The lowest BCUT2D eigenvalue weighted by Crippen LogP contribution is -2.36. The van der Waals surface area contributed by atoms with Gasteiger partial charge in [-0.2, -0.15) is 0 Å². The topological polar surface area (TPSA) is 89.9 Å². The van der Waals surface area contributed by atoms with Crippen LogP contribution in [0.3, 0.4) is 0 Å². The molecule has 0 saturated heterocycles. The Morgan fingerprint density at radius 3 is 2.11 bits per heavy atom. The molecule has 0 heterocycles. The van der Waals surface area contributed by atoms with Crippen molar-refractivity contribution in [2.75, 3.05) is 26.3 Å². The van der Waals surface area contributed by atoms with Crippen LogP contribution in [0.4, 0.5) is 0 Å². The number of carbonyl (C=O) groups is 2. The summed E-state index contributed by atoms with van der Waals surface area (Å²) in [6.07, 6.45) is 1.29. The summed E-state index contributed by atoms with van der Waals surface area (Å²) in [5, 5.41) is 20.0. The Hall–Kier alpha value is -1.66. The molecule has 0 fully saturated rings. The van der Waals surface area contributed by atoms with Crippen molar-refractivity contribution in [3.8, 4) is 0 Å². The molecule has 102 valence electrons. The second-order valence-corrected chi connectivity index (χ2v) is 3.82. The maximum absolute atomic E-state index is 11.9. The first-order valence-corrected chi connectivity index (χ1v) is 5.58. The predicted octanol–water partition coefficient (Wildman–Crippen LogP) is -0.604. The molecule has 0 atom stereocenters. The lowest BCUT2D eigenvalue weighted by molar-refractivity contribution is -0.128. The smallest absolute Gasteiger partial charge is 0.251 e. The summed E-state index contributed by atoms with van der Waals surface area (Å²) in [6.45, 7) is 6.48. The minimum Gasteiger partial charge on any atom is -0.395 e. The fourth-order valence-corrected chi connectivity index (χ4v) is 1.16. The molecular weight excluding hydrogens is 236 g/mol. The molecule has 2 amide bonds. The van der Waals surface area contributed by atoms with E-state index in [1.807, 2.05) is 0 Å². The molecule has 0 aromatic rings. The number of rotatable bonds is 7. The van der Waals surface area contributed by atoms with Gasteiger partial charge in [0.15, 0.2) is 0 Å². The van der Waals surface area contributed by atoms with Gasteiger partial charge < -0.3 is 20.4 Å². The molecule has 0 saturated carbocycles. The minimum absolute atomic E-state index is 0.138. The average molecular weight is 256 g/mol. The summed E-state index contributed by atoms with van der Waals surface area (Å²) in [5.74, 6) is -0.710. The van der Waals surface area contributed by atoms with Crippen LogP contribution >= 0.6 is 0 Å². The summed E-state index contributed by atoms with van der Waals surface area (Å²) in [6, 6.07) is 0. The van der Waals surface area contributed by atoms with Crippen LogP contribution in [0.15, 0.2) is 23.9 Å². The fraction of sp³-hybridized carbons (Fsp3) is 0.500. The second-order valence-electron chi connectivity index (χ2n) is 3.82. The van der Waals surface area contributed by atoms with Crippen molar-refractivity contribution in [2.24, 2.45) is 0 Å². The van der Waals surface area contributed by atoms with Crippen molar-refractivity contribution < 1.29 is 19.8 Å². The molecule has 0 aliphatic heterocycles. The number of carbonyl (C=O) groups excluding carboxylic acids is 2. The second kappa shape index (κ2) is 8.43. The molecule has 0 unspecified atom stereocenters. The van der Waals surface area contributed by atoms with Gasteiger partial charge in [0.2, 0.25) is 5.91 Å². The Bertz CT molecular complexity index is 344. The van der Waals surface area contributed by atoms with Gasteiger partial charge in [-0.15, -0.1) is 0 Å². The maximum Gasteiger partial charge on any atom is 0.251 e. The van der Waals surface area contributed by atoms with Crippen molar-refractivity contribution >= 4 is 11.8 Å². The predicted molar refractivity (Wildman–Crippen MR) is 67.5 cm³/mol. The van der Waals surface area contributed by atoms with Crippen molar-refractivity contribution in [2.45, 2.75) is 13.8 Å². The molecule has 6 nitrogen and oxygen atoms in total. The van der Waals surface area contributed by atoms with E-state index < -0.39 is 0 Å². The lowest BCUT2D eigenvalue weighted by Gasteiger charge is -2.20. The lowest BCUT2D eigenvalue weighted by atomic mass is 10.2. The molecule has 0 radical (unpaired) electrons. The SMILES string of the molecule is C=C(C)C(=O)NC=C(C)C(=O)N(CCO)CCO. The van der Waals surface area contributed by atoms with Crippen LogP contribution < -0.4 is 5.32 Å². The van der Waals surface area contributed by atoms with Crippen molar-refractivity contribution in [3.05, 3.63) is 23.9 Å². The van der Waals surface area contributed by atoms with Gasteiger partial charge in [-0.1, -0.05) is 6.58 Å². The van der Waals surface area contributed by atoms with Gasteiger partial charge in [-0.25, -0.2) is 0 Å². The monoisotopic (exact) mass is 256 g/mol. The molecule has 18 heavy (non-hydrogen) atoms. The molecule has 0 bridgehead atoms. The highest BCUT2D eigenvalue weighted by atomic mass is 16.3. The third-order valence-electron chi connectivity index (χ3n) is 2.17. The van der Waals surface area contributed by atoms with Gasteiger partial charge in [0.05, 0.1) is 13.2 Å². The first-order valence-electron chi connectivity index (χ1n) is 5.58. The van der Waals surface area contributed by atoms with Crippen molar-refractivity contribution in [1.29, 1.82) is 0 Å². The van der Waals surface area contributed by atoms with E-state index in [-0.39, 0.29) is 38.1 Å². The van der Waals surface area contributed by atoms with E-state index in [1.165, 1.54) is 11.1 Å². The normalized spacial score (nSPS) is 11.0. The van der Waals surface area contributed by atoms with Crippen LogP contribution in [0.1, 0.15) is 13.8 Å². The Labute approximate surface area is 107 Å². The third kappa shape index (κ3) is 5.60. The van der Waals surface area contributed by atoms with E-state index in [9.17, 15) is 9.59 Å². The molecule has 0 spiro atoms. The van der Waals surface area contributed by atoms with Gasteiger partial charge in [0, 0.05) is 30.4 Å². The standard InChI is InChI=1S/C12H20N2O4/c1-9(2)11(17)13-8-10(3)12(18)14(4-6-15)5-7-16/h8,15-16H,1,4-7H2,2-3H3,(H,13,17). The zero-order chi connectivity index (χ0) is 14.1. The summed E-state index contributed by atoms with van der Waals surface area (Å²) in [5.41, 5.74) is 0.653. The largest absolute Gasteiger partial charge is 0.395 e. The molecular formula is C12H20N2O4. The van der Waals surface area contributed by atoms with Crippen molar-refractivity contribution in [1.82, 2.24) is 10.2 Å². The van der Waals surface area contributed by atoms with Crippen LogP contribution in [0.5, 0.6) is 0 Å². The highest BCUT2D eigenvalue weighted by molar-refractivity contribution is 5.96. The van der Waals surface area contributed by atoms with Crippen LogP contribution in [0.25, 0.3) is 0 Å². The third-order valence-corrected chi connectivity index (χ3v) is 2.17. The fourth-order valence-electron chi connectivity index (χ4n) is 1.16. The summed E-state index contributed by atoms with van der Waals surface area (Å²) < 4.78 is 0. The summed E-state index contributed by atoms with van der Waals surface area (Å²) in [7, 11) is 0. The van der Waals surface area contributed by atoms with Gasteiger partial charge >= 0.3 is 0 Å². The zero-order valence-corrected chi connectivity index (χ0v) is 10.8. The number of nitrogens with zero attached hydrogens (tertiary/aromatic N) is 1. The highest BCUT2D eigenvalue weighted by Crippen LogP contribution is 2.00. The first kappa shape index (κ1) is 16.3. The zero-order valence-electron chi connectivity index (χ0n) is 10.8. The van der Waals surface area contributed by atoms with E-state index in [4.69, 9.17) is 10.2 Å². The maximum atomic E-state index is 11.9. The van der Waals surface area contributed by atoms with Gasteiger partial charge in [-0.3, -0.25) is 9.59 Å². The first-order chi connectivity index (χ1) is 8.43. The van der Waals surface area contributed by atoms with Crippen LogP contribution in [0.2, 0.25) is 0 Å². The van der Waals surface area contributed by atoms with E-state index >= 15 is 0 Å². The number of nitrogens with one attached hydrogen (secondary N) is 1. The Balaban J connectivity index is 4.58. The number of aliphatic hydroxyl groups is 2. The van der Waals surface area contributed by atoms with Crippen LogP contribution in [-0.4, -0.2) is 53.2 Å². The summed E-state index contributed by atoms with van der Waals surface area (Å²) in [4.78, 5) is 24.4. The molecule has 0 aromatic carbocycles. The number of aliphatic hydroxyl groups excluding tert-OH is 2. The van der Waals surface area contributed by atoms with Crippen LogP contribution in [0, 0.1) is 0 Å². The minimum atomic E-state index is -0.363. The Morgan fingerprint density at radius 1 is 1.22 bits per heavy atom. The Morgan fingerprint density at radius 2 is 1.72 bits per heavy atom. The molecule has 3 N–H and O–H groups in total. The van der Waals surface area contributed by atoms with Crippen molar-refractivity contribution in [3.63, 3.8) is 0 Å². The van der Waals surface area contributed by atoms with E-state index in [0.717, 1.165) is 0 Å². The van der Waals surface area contributed by atoms with E-state index in [1.54, 1.807) is 13.8 Å². The number of amides is 2. The summed E-state index contributed by atoms with van der Waals surface area (Å²) >= 11 is 0. The molecule has 0 rings (SSSR count). The molecule has 0 aliphatic rings. The van der Waals surface area contributed by atoms with Gasteiger partial charge in [0.1, 0.15) is 0 Å². The molecule has 0 aliphatic carbocycles. The average Bonchev–Trinajstić information content (AvgIpc) is 2.34. The number of hydrogen-bond donors (Lipinski definition) is 3. The molecule has 0 aromatic heterocycles.